The summed E-state index contributed by atoms with van der Waals surface area (Å²) < 4.78 is 51.9. The van der Waals surface area contributed by atoms with E-state index < -0.39 is 17.6 Å². The molecule has 0 bridgehead atoms. The molecule has 1 N–H and O–H groups in total. The first-order chi connectivity index (χ1) is 17.7. The minimum absolute atomic E-state index is 0.376. The molecule has 1 aromatic heterocycles. The van der Waals surface area contributed by atoms with Gasteiger partial charge in [-0.15, -0.1) is 0 Å². The third-order valence-electron chi connectivity index (χ3n) is 7.38. The number of unbranched alkanes of at least 4 members (excludes halogenated alkanes) is 1. The number of nitrogens with zero attached hydrogens (tertiary/aromatic N) is 3. The van der Waals surface area contributed by atoms with Crippen LogP contribution in [0, 0.1) is 17.7 Å². The van der Waals surface area contributed by atoms with Gasteiger partial charge in [-0.1, -0.05) is 43.9 Å². The second-order valence-corrected chi connectivity index (χ2v) is 10.5. The first-order valence-corrected chi connectivity index (χ1v) is 13.2. The molecule has 0 saturated heterocycles. The number of halogens is 4. The van der Waals surface area contributed by atoms with Crippen molar-refractivity contribution in [3.8, 4) is 0 Å². The molecule has 3 aromatic rings. The van der Waals surface area contributed by atoms with E-state index in [0.29, 0.717) is 18.0 Å². The molecule has 0 atom stereocenters. The Bertz CT molecular complexity index is 1170. The fourth-order valence-corrected chi connectivity index (χ4v) is 5.32. The maximum Gasteiger partial charge on any atom is 0.419 e. The lowest BCUT2D eigenvalue weighted by molar-refractivity contribution is -0.140. The number of alkyl halides is 3. The van der Waals surface area contributed by atoms with Crippen LogP contribution in [0.3, 0.4) is 0 Å². The summed E-state index contributed by atoms with van der Waals surface area (Å²) in [6, 6.07) is 11.3. The fourth-order valence-electron chi connectivity index (χ4n) is 5.32. The van der Waals surface area contributed by atoms with Crippen LogP contribution in [0.2, 0.25) is 0 Å². The van der Waals surface area contributed by atoms with Gasteiger partial charge >= 0.3 is 6.18 Å². The lowest BCUT2D eigenvalue weighted by atomic mass is 9.79. The standard InChI is InChI=1S/C29H36F4N4/c1-37(2)28-23-8-4-5-9-26(23)35-27(36-28)10-6-3-7-20-11-13-21(14-12-20)18-34-19-22-15-16-24(25(30)17-22)29(31,32)33/h4-5,8-9,15-17,20-21,34H,3,6-7,10-14,18-19H2,1-2H3. The molecule has 4 rings (SSSR count). The van der Waals surface area contributed by atoms with Crippen LogP contribution in [-0.4, -0.2) is 30.6 Å². The van der Waals surface area contributed by atoms with Gasteiger partial charge < -0.3 is 10.2 Å². The maximum absolute atomic E-state index is 13.8. The van der Waals surface area contributed by atoms with E-state index in [0.717, 1.165) is 72.8 Å². The first-order valence-electron chi connectivity index (χ1n) is 13.2. The van der Waals surface area contributed by atoms with Crippen LogP contribution < -0.4 is 10.2 Å². The van der Waals surface area contributed by atoms with Crippen molar-refractivity contribution in [3.05, 3.63) is 65.2 Å². The van der Waals surface area contributed by atoms with E-state index >= 15 is 0 Å². The molecule has 1 aliphatic carbocycles. The molecular weight excluding hydrogens is 480 g/mol. The van der Waals surface area contributed by atoms with Gasteiger partial charge in [0.05, 0.1) is 11.1 Å². The summed E-state index contributed by atoms with van der Waals surface area (Å²) in [5, 5.41) is 4.38. The highest BCUT2D eigenvalue weighted by Gasteiger charge is 2.33. The van der Waals surface area contributed by atoms with Crippen LogP contribution in [0.4, 0.5) is 23.4 Å². The summed E-state index contributed by atoms with van der Waals surface area (Å²) in [6.07, 6.45) is 4.41. The molecule has 0 aliphatic heterocycles. The average molecular weight is 517 g/mol. The SMILES string of the molecule is CN(C)c1nc(CCCCC2CCC(CNCc3ccc(C(F)(F)F)c(F)c3)CC2)nc2ccccc12. The average Bonchev–Trinajstić information content (AvgIpc) is 2.86. The molecule has 200 valence electrons. The second kappa shape index (κ2) is 12.2. The zero-order valence-electron chi connectivity index (χ0n) is 21.6. The number of aryl methyl sites for hydroxylation is 1. The third kappa shape index (κ3) is 7.40. The van der Waals surface area contributed by atoms with Crippen LogP contribution in [0.15, 0.2) is 42.5 Å². The number of aromatic nitrogens is 2. The summed E-state index contributed by atoms with van der Waals surface area (Å²) in [7, 11) is 4.03. The Balaban J connectivity index is 1.15. The number of para-hydroxylation sites is 1. The quantitative estimate of drug-likeness (QED) is 0.229. The van der Waals surface area contributed by atoms with Crippen LogP contribution in [0.25, 0.3) is 10.9 Å². The number of nitrogens with one attached hydrogen (secondary N) is 1. The Kier molecular flexibility index (Phi) is 9.00. The smallest absolute Gasteiger partial charge is 0.362 e. The Labute approximate surface area is 216 Å². The number of fused-ring (bicyclic) bond motifs is 1. The van der Waals surface area contributed by atoms with Crippen LogP contribution >= 0.6 is 0 Å². The van der Waals surface area contributed by atoms with Gasteiger partial charge in [0.15, 0.2) is 0 Å². The van der Waals surface area contributed by atoms with Crippen LogP contribution in [-0.2, 0) is 19.1 Å². The van der Waals surface area contributed by atoms with Crippen LogP contribution in [0.5, 0.6) is 0 Å². The fraction of sp³-hybridized carbons (Fsp3) is 0.517. The van der Waals surface area contributed by atoms with Crippen molar-refractivity contribution in [1.82, 2.24) is 15.3 Å². The zero-order valence-corrected chi connectivity index (χ0v) is 21.6. The normalized spacial score (nSPS) is 18.3. The summed E-state index contributed by atoms with van der Waals surface area (Å²) in [4.78, 5) is 11.6. The van der Waals surface area contributed by atoms with E-state index in [4.69, 9.17) is 9.97 Å². The maximum atomic E-state index is 13.8. The molecule has 0 amide bonds. The van der Waals surface area contributed by atoms with E-state index in [1.165, 1.54) is 31.7 Å². The molecule has 0 unspecified atom stereocenters. The first kappa shape index (κ1) is 27.3. The van der Waals surface area contributed by atoms with Crippen molar-refractivity contribution in [1.29, 1.82) is 0 Å². The van der Waals surface area contributed by atoms with Crippen molar-refractivity contribution in [3.63, 3.8) is 0 Å². The number of hydrogen-bond donors (Lipinski definition) is 1. The summed E-state index contributed by atoms with van der Waals surface area (Å²) in [5.41, 5.74) is 0.316. The summed E-state index contributed by atoms with van der Waals surface area (Å²) >= 11 is 0. The van der Waals surface area contributed by atoms with Gasteiger partial charge in [-0.05, 0) is 67.5 Å². The highest BCUT2D eigenvalue weighted by molar-refractivity contribution is 5.89. The highest BCUT2D eigenvalue weighted by Crippen LogP contribution is 2.33. The number of benzene rings is 2. The predicted molar refractivity (Wildman–Crippen MR) is 140 cm³/mol. The van der Waals surface area contributed by atoms with Gasteiger partial charge in [-0.25, -0.2) is 14.4 Å². The molecule has 0 spiro atoms. The number of anilines is 1. The molecule has 4 nitrogen and oxygen atoms in total. The predicted octanol–water partition coefficient (Wildman–Crippen LogP) is 7.16. The van der Waals surface area contributed by atoms with Crippen molar-refractivity contribution in [2.45, 2.75) is 64.1 Å². The summed E-state index contributed by atoms with van der Waals surface area (Å²) in [5.74, 6) is 1.97. The molecule has 1 aliphatic rings. The van der Waals surface area contributed by atoms with Gasteiger partial charge in [-0.3, -0.25) is 0 Å². The molecule has 0 radical (unpaired) electrons. The van der Waals surface area contributed by atoms with Gasteiger partial charge in [0, 0.05) is 32.4 Å². The molecule has 1 fully saturated rings. The van der Waals surface area contributed by atoms with Gasteiger partial charge in [-0.2, -0.15) is 13.2 Å². The molecule has 37 heavy (non-hydrogen) atoms. The number of hydrogen-bond acceptors (Lipinski definition) is 4. The van der Waals surface area contributed by atoms with Gasteiger partial charge in [0.2, 0.25) is 0 Å². The molecule has 8 heteroatoms. The third-order valence-corrected chi connectivity index (χ3v) is 7.38. The van der Waals surface area contributed by atoms with E-state index in [1.807, 2.05) is 37.2 Å². The molecular formula is C29H36F4N4. The van der Waals surface area contributed by atoms with E-state index in [9.17, 15) is 17.6 Å². The Hall–Kier alpha value is -2.74. The van der Waals surface area contributed by atoms with Crippen LogP contribution in [0.1, 0.15) is 61.9 Å². The van der Waals surface area contributed by atoms with Crippen molar-refractivity contribution in [2.75, 3.05) is 25.5 Å². The van der Waals surface area contributed by atoms with E-state index in [-0.39, 0.29) is 0 Å². The van der Waals surface area contributed by atoms with Gasteiger partial charge in [0.1, 0.15) is 17.5 Å². The molecule has 1 heterocycles. The lowest BCUT2D eigenvalue weighted by Gasteiger charge is -2.28. The number of rotatable bonds is 10. The van der Waals surface area contributed by atoms with Gasteiger partial charge in [0.25, 0.3) is 0 Å². The molecule has 1 saturated carbocycles. The van der Waals surface area contributed by atoms with E-state index in [2.05, 4.69) is 11.4 Å². The Morgan fingerprint density at radius 2 is 1.68 bits per heavy atom. The Morgan fingerprint density at radius 1 is 0.946 bits per heavy atom. The lowest BCUT2D eigenvalue weighted by Crippen LogP contribution is -2.26. The second-order valence-electron chi connectivity index (χ2n) is 10.5. The zero-order chi connectivity index (χ0) is 26.4. The topological polar surface area (TPSA) is 41.1 Å². The van der Waals surface area contributed by atoms with Crippen molar-refractivity contribution >= 4 is 16.7 Å². The molecule has 2 aromatic carbocycles. The summed E-state index contributed by atoms with van der Waals surface area (Å²) in [6.45, 7) is 1.18. The highest BCUT2D eigenvalue weighted by atomic mass is 19.4. The Morgan fingerprint density at radius 3 is 2.38 bits per heavy atom. The van der Waals surface area contributed by atoms with Crippen molar-refractivity contribution < 1.29 is 17.6 Å². The largest absolute Gasteiger partial charge is 0.419 e. The van der Waals surface area contributed by atoms with Crippen molar-refractivity contribution in [2.24, 2.45) is 11.8 Å². The monoisotopic (exact) mass is 516 g/mol. The van der Waals surface area contributed by atoms with E-state index in [1.54, 1.807) is 0 Å². The minimum Gasteiger partial charge on any atom is -0.362 e. The minimum atomic E-state index is -4.66.